The Bertz CT molecular complexity index is 744. The van der Waals surface area contributed by atoms with Gasteiger partial charge in [0.25, 0.3) is 0 Å². The Balaban J connectivity index is 1.78. The van der Waals surface area contributed by atoms with Gasteiger partial charge in [0, 0.05) is 6.20 Å². The third kappa shape index (κ3) is 3.15. The van der Waals surface area contributed by atoms with Crippen LogP contribution in [0.2, 0.25) is 0 Å². The van der Waals surface area contributed by atoms with Crippen LogP contribution in [0, 0.1) is 11.3 Å². The van der Waals surface area contributed by atoms with E-state index in [-0.39, 0.29) is 0 Å². The highest BCUT2D eigenvalue weighted by atomic mass is 16.5. The van der Waals surface area contributed by atoms with Crippen molar-refractivity contribution in [2.24, 2.45) is 4.99 Å². The van der Waals surface area contributed by atoms with Crippen LogP contribution in [0.15, 0.2) is 71.4 Å². The van der Waals surface area contributed by atoms with Crippen molar-refractivity contribution in [3.8, 4) is 11.8 Å². The number of hydrogen-bond acceptors (Lipinski definition) is 4. The number of rotatable bonds is 4. The molecule has 0 saturated carbocycles. The van der Waals surface area contributed by atoms with Gasteiger partial charge in [-0.05, 0) is 17.7 Å². The van der Waals surface area contributed by atoms with Gasteiger partial charge in [0.1, 0.15) is 12.4 Å². The van der Waals surface area contributed by atoms with Crippen molar-refractivity contribution in [2.45, 2.75) is 6.61 Å². The molecule has 0 fully saturated rings. The van der Waals surface area contributed by atoms with E-state index >= 15 is 0 Å². The quantitative estimate of drug-likeness (QED) is 0.865. The van der Waals surface area contributed by atoms with Gasteiger partial charge < -0.3 is 9.64 Å². The first kappa shape index (κ1) is 13.9. The summed E-state index contributed by atoms with van der Waals surface area (Å²) in [7, 11) is 0. The van der Waals surface area contributed by atoms with Gasteiger partial charge in [-0.25, -0.2) is 4.99 Å². The Morgan fingerprint density at radius 2 is 1.86 bits per heavy atom. The summed E-state index contributed by atoms with van der Waals surface area (Å²) in [5.41, 5.74) is 2.64. The standard InChI is InChI=1S/C18H15N3O/c19-10-16-11-20-14-21(12-16)17-8-4-5-9-18(17)22-13-15-6-2-1-3-7-15/h1-9,11,14H,12-13H2. The molecule has 22 heavy (non-hydrogen) atoms. The van der Waals surface area contributed by atoms with Gasteiger partial charge in [0.05, 0.1) is 30.2 Å². The summed E-state index contributed by atoms with van der Waals surface area (Å²) in [4.78, 5) is 6.02. The predicted octanol–water partition coefficient (Wildman–Crippen LogP) is 3.52. The van der Waals surface area contributed by atoms with E-state index in [2.05, 4.69) is 11.1 Å². The number of hydrogen-bond donors (Lipinski definition) is 0. The lowest BCUT2D eigenvalue weighted by molar-refractivity contribution is 0.307. The molecule has 0 saturated heterocycles. The highest BCUT2D eigenvalue weighted by Gasteiger charge is 2.14. The molecular weight excluding hydrogens is 274 g/mol. The zero-order valence-electron chi connectivity index (χ0n) is 12.0. The van der Waals surface area contributed by atoms with Crippen molar-refractivity contribution in [3.63, 3.8) is 0 Å². The van der Waals surface area contributed by atoms with E-state index in [1.807, 2.05) is 59.5 Å². The molecule has 1 aliphatic rings. The van der Waals surface area contributed by atoms with Crippen LogP contribution >= 0.6 is 0 Å². The van der Waals surface area contributed by atoms with Crippen LogP contribution in [-0.2, 0) is 6.61 Å². The van der Waals surface area contributed by atoms with Crippen molar-refractivity contribution >= 4 is 12.0 Å². The van der Waals surface area contributed by atoms with Crippen LogP contribution in [0.25, 0.3) is 0 Å². The number of para-hydroxylation sites is 2. The van der Waals surface area contributed by atoms with Crippen molar-refractivity contribution in [1.82, 2.24) is 0 Å². The van der Waals surface area contributed by atoms with E-state index in [1.165, 1.54) is 0 Å². The SMILES string of the molecule is N#CC1=CN=CN(c2ccccc2OCc2ccccc2)C1. The number of nitrogens with zero attached hydrogens (tertiary/aromatic N) is 3. The van der Waals surface area contributed by atoms with Crippen LogP contribution < -0.4 is 9.64 Å². The maximum atomic E-state index is 9.03. The number of anilines is 1. The molecule has 0 N–H and O–H groups in total. The molecule has 0 radical (unpaired) electrons. The molecule has 1 heterocycles. The zero-order chi connectivity index (χ0) is 15.2. The third-order valence-corrected chi connectivity index (χ3v) is 3.33. The number of ether oxygens (including phenoxy) is 1. The highest BCUT2D eigenvalue weighted by molar-refractivity contribution is 5.84. The second-order valence-corrected chi connectivity index (χ2v) is 4.90. The maximum Gasteiger partial charge on any atom is 0.143 e. The van der Waals surface area contributed by atoms with Gasteiger partial charge >= 0.3 is 0 Å². The molecule has 108 valence electrons. The third-order valence-electron chi connectivity index (χ3n) is 3.33. The summed E-state index contributed by atoms with van der Waals surface area (Å²) in [6.45, 7) is 1.01. The van der Waals surface area contributed by atoms with Gasteiger partial charge in [0.2, 0.25) is 0 Å². The zero-order valence-corrected chi connectivity index (χ0v) is 12.0. The molecule has 2 aromatic carbocycles. The summed E-state index contributed by atoms with van der Waals surface area (Å²) >= 11 is 0. The molecule has 0 unspecified atom stereocenters. The molecule has 3 rings (SSSR count). The monoisotopic (exact) mass is 289 g/mol. The highest BCUT2D eigenvalue weighted by Crippen LogP contribution is 2.29. The first-order valence-electron chi connectivity index (χ1n) is 7.01. The summed E-state index contributed by atoms with van der Waals surface area (Å²) in [6, 6.07) is 19.9. The second-order valence-electron chi connectivity index (χ2n) is 4.90. The maximum absolute atomic E-state index is 9.03. The van der Waals surface area contributed by atoms with Crippen molar-refractivity contribution in [2.75, 3.05) is 11.4 Å². The number of aliphatic imine (C=N–C) groups is 1. The van der Waals surface area contributed by atoms with Gasteiger partial charge in [-0.15, -0.1) is 0 Å². The Hall–Kier alpha value is -3.06. The van der Waals surface area contributed by atoms with Crippen molar-refractivity contribution in [3.05, 3.63) is 71.9 Å². The molecule has 4 heteroatoms. The van der Waals surface area contributed by atoms with E-state index in [0.717, 1.165) is 17.0 Å². The molecular formula is C18H15N3O. The summed E-state index contributed by atoms with van der Waals surface area (Å²) in [5, 5.41) is 9.03. The summed E-state index contributed by atoms with van der Waals surface area (Å²) < 4.78 is 5.94. The normalized spacial score (nSPS) is 13.4. The smallest absolute Gasteiger partial charge is 0.143 e. The molecule has 0 amide bonds. The fraction of sp³-hybridized carbons (Fsp3) is 0.111. The molecule has 1 aliphatic heterocycles. The molecule has 0 aliphatic carbocycles. The minimum absolute atomic E-state index is 0.504. The lowest BCUT2D eigenvalue weighted by Gasteiger charge is -2.23. The second kappa shape index (κ2) is 6.59. The predicted molar refractivity (Wildman–Crippen MR) is 86.8 cm³/mol. The van der Waals surface area contributed by atoms with Gasteiger partial charge in [-0.2, -0.15) is 5.26 Å². The topological polar surface area (TPSA) is 48.6 Å². The Morgan fingerprint density at radius 1 is 1.09 bits per heavy atom. The lowest BCUT2D eigenvalue weighted by Crippen LogP contribution is -2.26. The van der Waals surface area contributed by atoms with Crippen molar-refractivity contribution in [1.29, 1.82) is 5.26 Å². The first-order valence-corrected chi connectivity index (χ1v) is 7.01. The van der Waals surface area contributed by atoms with Gasteiger partial charge in [0.15, 0.2) is 0 Å². The van der Waals surface area contributed by atoms with E-state index in [0.29, 0.717) is 18.7 Å². The molecule has 0 bridgehead atoms. The number of benzene rings is 2. The Morgan fingerprint density at radius 3 is 2.68 bits per heavy atom. The van der Waals surface area contributed by atoms with E-state index < -0.39 is 0 Å². The van der Waals surface area contributed by atoms with Crippen LogP contribution in [0.5, 0.6) is 5.75 Å². The molecule has 2 aromatic rings. The van der Waals surface area contributed by atoms with Crippen LogP contribution in [-0.4, -0.2) is 12.9 Å². The average molecular weight is 289 g/mol. The molecule has 0 spiro atoms. The van der Waals surface area contributed by atoms with Crippen LogP contribution in [0.1, 0.15) is 5.56 Å². The van der Waals surface area contributed by atoms with E-state index in [1.54, 1.807) is 12.5 Å². The minimum Gasteiger partial charge on any atom is -0.487 e. The Kier molecular flexibility index (Phi) is 4.17. The van der Waals surface area contributed by atoms with E-state index in [4.69, 9.17) is 10.00 Å². The fourth-order valence-corrected chi connectivity index (χ4v) is 2.23. The summed E-state index contributed by atoms with van der Waals surface area (Å²) in [6.07, 6.45) is 3.30. The van der Waals surface area contributed by atoms with Gasteiger partial charge in [-0.1, -0.05) is 42.5 Å². The van der Waals surface area contributed by atoms with E-state index in [9.17, 15) is 0 Å². The summed E-state index contributed by atoms with van der Waals surface area (Å²) in [5.74, 6) is 0.775. The molecule has 4 nitrogen and oxygen atoms in total. The Labute approximate surface area is 129 Å². The average Bonchev–Trinajstić information content (AvgIpc) is 2.61. The van der Waals surface area contributed by atoms with Crippen LogP contribution in [0.3, 0.4) is 0 Å². The molecule has 0 aromatic heterocycles. The fourth-order valence-electron chi connectivity index (χ4n) is 2.23. The number of nitriles is 1. The van der Waals surface area contributed by atoms with Crippen molar-refractivity contribution < 1.29 is 4.74 Å². The lowest BCUT2D eigenvalue weighted by atomic mass is 10.2. The first-order chi connectivity index (χ1) is 10.9. The van der Waals surface area contributed by atoms with Crippen LogP contribution in [0.4, 0.5) is 5.69 Å². The molecule has 0 atom stereocenters. The largest absolute Gasteiger partial charge is 0.487 e. The van der Waals surface area contributed by atoms with Gasteiger partial charge in [-0.3, -0.25) is 0 Å². The minimum atomic E-state index is 0.504.